The van der Waals surface area contributed by atoms with Crippen LogP contribution in [0.2, 0.25) is 0 Å². The third-order valence-electron chi connectivity index (χ3n) is 4.60. The Morgan fingerprint density at radius 2 is 1.81 bits per heavy atom. The number of piperazine rings is 1. The second-order valence-corrected chi connectivity index (χ2v) is 6.13. The highest BCUT2D eigenvalue weighted by Crippen LogP contribution is 2.33. The minimum absolute atomic E-state index is 0.0803. The quantitative estimate of drug-likeness (QED) is 0.829. The number of ether oxygens (including phenoxy) is 2. The molecule has 1 fully saturated rings. The molecule has 4 rings (SSSR count). The van der Waals surface area contributed by atoms with Crippen molar-refractivity contribution in [2.24, 2.45) is 0 Å². The highest BCUT2D eigenvalue weighted by Gasteiger charge is 2.25. The van der Waals surface area contributed by atoms with Crippen LogP contribution in [0.3, 0.4) is 0 Å². The molecular weight excluding hydrogens is 337 g/mol. The minimum atomic E-state index is -0.417. The number of benzene rings is 2. The third kappa shape index (κ3) is 2.90. The van der Waals surface area contributed by atoms with E-state index >= 15 is 0 Å². The molecule has 0 aliphatic carbocycles. The van der Waals surface area contributed by atoms with Gasteiger partial charge in [0.05, 0.1) is 17.3 Å². The zero-order chi connectivity index (χ0) is 18.1. The van der Waals surface area contributed by atoms with E-state index in [4.69, 9.17) is 14.7 Å². The molecule has 0 atom stereocenters. The summed E-state index contributed by atoms with van der Waals surface area (Å²) < 4.78 is 24.7. The van der Waals surface area contributed by atoms with Crippen LogP contribution < -0.4 is 14.4 Å². The summed E-state index contributed by atoms with van der Waals surface area (Å²) in [4.78, 5) is 16.3. The van der Waals surface area contributed by atoms with Crippen molar-refractivity contribution in [3.8, 4) is 17.6 Å². The van der Waals surface area contributed by atoms with Crippen LogP contribution in [0, 0.1) is 17.1 Å². The maximum atomic E-state index is 14.2. The highest BCUT2D eigenvalue weighted by atomic mass is 19.1. The fourth-order valence-electron chi connectivity index (χ4n) is 3.20. The van der Waals surface area contributed by atoms with Gasteiger partial charge in [-0.25, -0.2) is 4.39 Å². The van der Waals surface area contributed by atoms with E-state index in [1.165, 1.54) is 6.07 Å². The van der Waals surface area contributed by atoms with Crippen molar-refractivity contribution in [3.05, 3.63) is 53.3 Å². The van der Waals surface area contributed by atoms with Crippen LogP contribution in [0.5, 0.6) is 11.5 Å². The van der Waals surface area contributed by atoms with Crippen LogP contribution >= 0.6 is 0 Å². The zero-order valence-electron chi connectivity index (χ0n) is 13.9. The lowest BCUT2D eigenvalue weighted by molar-refractivity contribution is 0.0746. The molecule has 0 spiro atoms. The number of anilines is 1. The van der Waals surface area contributed by atoms with Crippen LogP contribution in [0.1, 0.15) is 15.9 Å². The van der Waals surface area contributed by atoms with Crippen molar-refractivity contribution in [2.45, 2.75) is 0 Å². The molecule has 0 N–H and O–H groups in total. The van der Waals surface area contributed by atoms with Crippen molar-refractivity contribution >= 4 is 11.6 Å². The Kier molecular flexibility index (Phi) is 4.09. The molecule has 0 radical (unpaired) electrons. The molecule has 0 aromatic heterocycles. The number of hydrogen-bond donors (Lipinski definition) is 0. The van der Waals surface area contributed by atoms with E-state index in [9.17, 15) is 9.18 Å². The molecule has 6 nitrogen and oxygen atoms in total. The van der Waals surface area contributed by atoms with Gasteiger partial charge in [-0.1, -0.05) is 0 Å². The van der Waals surface area contributed by atoms with Gasteiger partial charge in [0, 0.05) is 31.7 Å². The van der Waals surface area contributed by atoms with E-state index in [1.54, 1.807) is 35.2 Å². The van der Waals surface area contributed by atoms with E-state index in [0.29, 0.717) is 54.5 Å². The zero-order valence-corrected chi connectivity index (χ0v) is 13.9. The molecule has 7 heteroatoms. The van der Waals surface area contributed by atoms with Crippen LogP contribution in [0.15, 0.2) is 36.4 Å². The van der Waals surface area contributed by atoms with Gasteiger partial charge in [-0.2, -0.15) is 5.26 Å². The van der Waals surface area contributed by atoms with Gasteiger partial charge in [-0.05, 0) is 36.4 Å². The van der Waals surface area contributed by atoms with Gasteiger partial charge in [-0.15, -0.1) is 0 Å². The monoisotopic (exact) mass is 353 g/mol. The Morgan fingerprint density at radius 3 is 2.54 bits per heavy atom. The van der Waals surface area contributed by atoms with Crippen molar-refractivity contribution in [3.63, 3.8) is 0 Å². The highest BCUT2D eigenvalue weighted by molar-refractivity contribution is 5.95. The predicted molar refractivity (Wildman–Crippen MR) is 91.8 cm³/mol. The number of carbonyl (C=O) groups is 1. The van der Waals surface area contributed by atoms with Crippen LogP contribution in [0.4, 0.5) is 10.1 Å². The number of nitrogens with zero attached hydrogens (tertiary/aromatic N) is 3. The number of nitriles is 1. The number of hydrogen-bond acceptors (Lipinski definition) is 5. The van der Waals surface area contributed by atoms with E-state index < -0.39 is 5.82 Å². The Morgan fingerprint density at radius 1 is 1.04 bits per heavy atom. The molecule has 132 valence electrons. The molecule has 2 heterocycles. The standard InChI is InChI=1S/C19H16FN3O3/c20-15-9-13(11-21)1-3-16(15)22-5-7-23(8-6-22)19(24)14-2-4-17-18(10-14)26-12-25-17/h1-4,9-10H,5-8,12H2. The van der Waals surface area contributed by atoms with Gasteiger partial charge in [0.15, 0.2) is 11.5 Å². The van der Waals surface area contributed by atoms with Crippen LogP contribution in [-0.4, -0.2) is 43.8 Å². The lowest BCUT2D eigenvalue weighted by atomic mass is 10.1. The van der Waals surface area contributed by atoms with E-state index in [0.717, 1.165) is 0 Å². The average Bonchev–Trinajstić information content (AvgIpc) is 3.15. The molecule has 0 saturated carbocycles. The summed E-state index contributed by atoms with van der Waals surface area (Å²) in [6, 6.07) is 11.5. The van der Waals surface area contributed by atoms with Gasteiger partial charge in [0.25, 0.3) is 5.91 Å². The normalized spacial score (nSPS) is 15.7. The molecule has 2 aliphatic rings. The van der Waals surface area contributed by atoms with Crippen LogP contribution in [0.25, 0.3) is 0 Å². The molecule has 0 bridgehead atoms. The smallest absolute Gasteiger partial charge is 0.254 e. The van der Waals surface area contributed by atoms with Gasteiger partial charge in [-0.3, -0.25) is 4.79 Å². The summed E-state index contributed by atoms with van der Waals surface area (Å²) in [5.74, 6) is 0.722. The van der Waals surface area contributed by atoms with Crippen molar-refractivity contribution in [1.82, 2.24) is 4.90 Å². The number of carbonyl (C=O) groups excluding carboxylic acids is 1. The second-order valence-electron chi connectivity index (χ2n) is 6.13. The van der Waals surface area contributed by atoms with Crippen molar-refractivity contribution in [2.75, 3.05) is 37.9 Å². The Bertz CT molecular complexity index is 901. The summed E-state index contributed by atoms with van der Waals surface area (Å²) in [6.45, 7) is 2.21. The minimum Gasteiger partial charge on any atom is -0.454 e. The maximum absolute atomic E-state index is 14.2. The number of rotatable bonds is 2. The lowest BCUT2D eigenvalue weighted by Gasteiger charge is -2.36. The number of halogens is 1. The fraction of sp³-hybridized carbons (Fsp3) is 0.263. The first kappa shape index (κ1) is 16.2. The first-order valence-corrected chi connectivity index (χ1v) is 8.29. The molecule has 0 unspecified atom stereocenters. The Hall–Kier alpha value is -3.27. The van der Waals surface area contributed by atoms with E-state index in [2.05, 4.69) is 0 Å². The number of amides is 1. The molecule has 2 aromatic carbocycles. The van der Waals surface area contributed by atoms with Gasteiger partial charge in [0.1, 0.15) is 5.82 Å². The van der Waals surface area contributed by atoms with Gasteiger partial charge in [0.2, 0.25) is 6.79 Å². The molecular formula is C19H16FN3O3. The second kappa shape index (κ2) is 6.56. The van der Waals surface area contributed by atoms with Crippen LogP contribution in [-0.2, 0) is 0 Å². The topological polar surface area (TPSA) is 65.8 Å². The first-order valence-electron chi connectivity index (χ1n) is 8.29. The summed E-state index contributed by atoms with van der Waals surface area (Å²) in [6.07, 6.45) is 0. The average molecular weight is 353 g/mol. The molecule has 1 saturated heterocycles. The Balaban J connectivity index is 1.43. The summed E-state index contributed by atoms with van der Waals surface area (Å²) in [5.41, 5.74) is 1.30. The fourth-order valence-corrected chi connectivity index (χ4v) is 3.20. The van der Waals surface area contributed by atoms with E-state index in [1.807, 2.05) is 11.0 Å². The van der Waals surface area contributed by atoms with Crippen molar-refractivity contribution < 1.29 is 18.7 Å². The molecule has 1 amide bonds. The maximum Gasteiger partial charge on any atom is 0.254 e. The summed E-state index contributed by atoms with van der Waals surface area (Å²) in [5, 5.41) is 8.83. The van der Waals surface area contributed by atoms with Gasteiger partial charge < -0.3 is 19.3 Å². The SMILES string of the molecule is N#Cc1ccc(N2CCN(C(=O)c3ccc4c(c3)OCO4)CC2)c(F)c1. The first-order chi connectivity index (χ1) is 12.7. The van der Waals surface area contributed by atoms with E-state index in [-0.39, 0.29) is 12.7 Å². The summed E-state index contributed by atoms with van der Waals surface area (Å²) >= 11 is 0. The Labute approximate surface area is 149 Å². The van der Waals surface area contributed by atoms with Gasteiger partial charge >= 0.3 is 0 Å². The molecule has 2 aliphatic heterocycles. The largest absolute Gasteiger partial charge is 0.454 e. The molecule has 2 aromatic rings. The number of fused-ring (bicyclic) bond motifs is 1. The lowest BCUT2D eigenvalue weighted by Crippen LogP contribution is -2.49. The summed E-state index contributed by atoms with van der Waals surface area (Å²) in [7, 11) is 0. The molecule has 26 heavy (non-hydrogen) atoms. The van der Waals surface area contributed by atoms with Crippen molar-refractivity contribution in [1.29, 1.82) is 5.26 Å². The third-order valence-corrected chi connectivity index (χ3v) is 4.60. The predicted octanol–water partition coefficient (Wildman–Crippen LogP) is 2.39.